The first-order chi connectivity index (χ1) is 8.22. The van der Waals surface area contributed by atoms with Crippen molar-refractivity contribution in [1.29, 1.82) is 0 Å². The highest BCUT2D eigenvalue weighted by molar-refractivity contribution is 8.00. The van der Waals surface area contributed by atoms with E-state index >= 15 is 0 Å². The van der Waals surface area contributed by atoms with E-state index in [0.29, 0.717) is 12.4 Å². The van der Waals surface area contributed by atoms with Crippen LogP contribution in [-0.4, -0.2) is 35.3 Å². The second kappa shape index (κ2) is 12.2. The number of aliphatic hydroxyl groups excluding tert-OH is 1. The third-order valence-electron chi connectivity index (χ3n) is 2.53. The largest absolute Gasteiger partial charge is 0.465 e. The lowest BCUT2D eigenvalue weighted by Crippen LogP contribution is -2.18. The van der Waals surface area contributed by atoms with Crippen LogP contribution in [0.4, 0.5) is 0 Å². The van der Waals surface area contributed by atoms with Crippen molar-refractivity contribution in [2.45, 2.75) is 57.6 Å². The maximum atomic E-state index is 11.5. The molecular weight excluding hydrogens is 236 g/mol. The smallest absolute Gasteiger partial charge is 0.318 e. The Kier molecular flexibility index (Phi) is 12.1. The Labute approximate surface area is 109 Å². The number of esters is 1. The highest BCUT2D eigenvalue weighted by Gasteiger charge is 2.13. The monoisotopic (exact) mass is 262 g/mol. The summed E-state index contributed by atoms with van der Waals surface area (Å²) in [5.41, 5.74) is 0. The lowest BCUT2D eigenvalue weighted by Gasteiger charge is -2.10. The van der Waals surface area contributed by atoms with E-state index in [1.807, 2.05) is 6.92 Å². The highest BCUT2D eigenvalue weighted by atomic mass is 32.2. The van der Waals surface area contributed by atoms with E-state index in [0.717, 1.165) is 12.8 Å². The van der Waals surface area contributed by atoms with Crippen LogP contribution in [0.25, 0.3) is 0 Å². The Morgan fingerprint density at radius 3 is 2.53 bits per heavy atom. The van der Waals surface area contributed by atoms with Crippen molar-refractivity contribution in [3.63, 3.8) is 0 Å². The molecule has 102 valence electrons. The number of hydrogen-bond acceptors (Lipinski definition) is 4. The average Bonchev–Trinajstić information content (AvgIpc) is 2.34. The van der Waals surface area contributed by atoms with Gasteiger partial charge in [-0.25, -0.2) is 0 Å². The summed E-state index contributed by atoms with van der Waals surface area (Å²) in [5, 5.41) is 8.48. The fraction of sp³-hybridized carbons (Fsp3) is 0.923. The Morgan fingerprint density at radius 1 is 1.24 bits per heavy atom. The SMILES string of the molecule is CCCCCCCCOC(=O)C(C)SCCO. The summed E-state index contributed by atoms with van der Waals surface area (Å²) in [6.07, 6.45) is 7.19. The molecule has 17 heavy (non-hydrogen) atoms. The molecule has 0 radical (unpaired) electrons. The molecule has 0 saturated carbocycles. The summed E-state index contributed by atoms with van der Waals surface area (Å²) >= 11 is 1.43. The van der Waals surface area contributed by atoms with Crippen LogP contribution in [0.1, 0.15) is 52.4 Å². The summed E-state index contributed by atoms with van der Waals surface area (Å²) in [5.74, 6) is 0.435. The third kappa shape index (κ3) is 10.6. The van der Waals surface area contributed by atoms with Crippen LogP contribution in [0.5, 0.6) is 0 Å². The van der Waals surface area contributed by atoms with Crippen LogP contribution in [0.2, 0.25) is 0 Å². The molecule has 0 bridgehead atoms. The van der Waals surface area contributed by atoms with E-state index < -0.39 is 0 Å². The molecule has 0 saturated heterocycles. The molecule has 0 aliphatic heterocycles. The van der Waals surface area contributed by atoms with Crippen LogP contribution in [0, 0.1) is 0 Å². The summed E-state index contributed by atoms with van der Waals surface area (Å²) in [7, 11) is 0. The predicted octanol–water partition coefficient (Wildman–Crippen LogP) is 3.00. The Morgan fingerprint density at radius 2 is 1.88 bits per heavy atom. The zero-order chi connectivity index (χ0) is 12.9. The molecule has 1 unspecified atom stereocenters. The minimum Gasteiger partial charge on any atom is -0.465 e. The van der Waals surface area contributed by atoms with E-state index in [1.165, 1.54) is 37.4 Å². The number of carbonyl (C=O) groups is 1. The quantitative estimate of drug-likeness (QED) is 0.459. The number of rotatable bonds is 11. The minimum atomic E-state index is -0.165. The fourth-order valence-corrected chi connectivity index (χ4v) is 2.13. The molecule has 3 nitrogen and oxygen atoms in total. The molecule has 0 rings (SSSR count). The van der Waals surface area contributed by atoms with Crippen molar-refractivity contribution in [2.24, 2.45) is 0 Å². The predicted molar refractivity (Wildman–Crippen MR) is 73.3 cm³/mol. The van der Waals surface area contributed by atoms with Crippen LogP contribution in [0.15, 0.2) is 0 Å². The van der Waals surface area contributed by atoms with Gasteiger partial charge >= 0.3 is 5.97 Å². The first kappa shape index (κ1) is 16.8. The number of unbranched alkanes of at least 4 members (excludes halogenated alkanes) is 5. The van der Waals surface area contributed by atoms with Gasteiger partial charge in [0.05, 0.1) is 18.5 Å². The summed E-state index contributed by atoms with van der Waals surface area (Å²) < 4.78 is 5.17. The molecule has 0 fully saturated rings. The van der Waals surface area contributed by atoms with E-state index in [1.54, 1.807) is 0 Å². The average molecular weight is 262 g/mol. The van der Waals surface area contributed by atoms with Gasteiger partial charge in [-0.05, 0) is 13.3 Å². The van der Waals surface area contributed by atoms with Crippen LogP contribution in [-0.2, 0) is 9.53 Å². The fourth-order valence-electron chi connectivity index (χ4n) is 1.47. The molecular formula is C13H26O3S. The molecule has 0 aromatic heterocycles. The van der Waals surface area contributed by atoms with Crippen LogP contribution in [0.3, 0.4) is 0 Å². The Hall–Kier alpha value is -0.220. The zero-order valence-electron chi connectivity index (χ0n) is 11.1. The molecule has 0 aliphatic carbocycles. The Balaban J connectivity index is 3.32. The van der Waals surface area contributed by atoms with Gasteiger partial charge in [0.15, 0.2) is 0 Å². The lowest BCUT2D eigenvalue weighted by molar-refractivity contribution is -0.142. The standard InChI is InChI=1S/C13H26O3S/c1-3-4-5-6-7-8-10-16-13(15)12(2)17-11-9-14/h12,14H,3-11H2,1-2H3. The molecule has 0 amide bonds. The van der Waals surface area contributed by atoms with Gasteiger partial charge in [-0.2, -0.15) is 0 Å². The maximum absolute atomic E-state index is 11.5. The number of ether oxygens (including phenoxy) is 1. The lowest BCUT2D eigenvalue weighted by atomic mass is 10.1. The molecule has 0 aliphatic rings. The first-order valence-corrected chi connectivity index (χ1v) is 7.66. The molecule has 0 aromatic rings. The van der Waals surface area contributed by atoms with Crippen LogP contribution < -0.4 is 0 Å². The van der Waals surface area contributed by atoms with E-state index in [4.69, 9.17) is 9.84 Å². The second-order valence-corrected chi connectivity index (χ2v) is 5.62. The van der Waals surface area contributed by atoms with Crippen molar-refractivity contribution in [1.82, 2.24) is 0 Å². The van der Waals surface area contributed by atoms with Gasteiger partial charge in [0, 0.05) is 5.75 Å². The molecule has 1 N–H and O–H groups in total. The summed E-state index contributed by atoms with van der Waals surface area (Å²) in [6.45, 7) is 4.67. The van der Waals surface area contributed by atoms with Gasteiger partial charge in [-0.15, -0.1) is 11.8 Å². The number of aliphatic hydroxyl groups is 1. The third-order valence-corrected chi connectivity index (χ3v) is 3.64. The van der Waals surface area contributed by atoms with E-state index in [2.05, 4.69) is 6.92 Å². The Bertz CT molecular complexity index is 186. The van der Waals surface area contributed by atoms with Crippen molar-refractivity contribution < 1.29 is 14.6 Å². The van der Waals surface area contributed by atoms with Gasteiger partial charge in [0.25, 0.3) is 0 Å². The summed E-state index contributed by atoms with van der Waals surface area (Å²) in [4.78, 5) is 11.5. The number of hydrogen-bond donors (Lipinski definition) is 1. The number of carbonyl (C=O) groups excluding carboxylic acids is 1. The van der Waals surface area contributed by atoms with Gasteiger partial charge in [0.1, 0.15) is 0 Å². The molecule has 4 heteroatoms. The van der Waals surface area contributed by atoms with Gasteiger partial charge in [-0.1, -0.05) is 39.0 Å². The topological polar surface area (TPSA) is 46.5 Å². The normalized spacial score (nSPS) is 12.4. The van der Waals surface area contributed by atoms with Crippen LogP contribution >= 0.6 is 11.8 Å². The maximum Gasteiger partial charge on any atom is 0.318 e. The second-order valence-electron chi connectivity index (χ2n) is 4.17. The van der Waals surface area contributed by atoms with Crippen molar-refractivity contribution in [2.75, 3.05) is 19.0 Å². The van der Waals surface area contributed by atoms with Crippen molar-refractivity contribution in [3.8, 4) is 0 Å². The van der Waals surface area contributed by atoms with Crippen molar-refractivity contribution >= 4 is 17.7 Å². The number of thioether (sulfide) groups is 1. The molecule has 1 atom stereocenters. The van der Waals surface area contributed by atoms with E-state index in [9.17, 15) is 4.79 Å². The molecule has 0 heterocycles. The molecule has 0 aromatic carbocycles. The van der Waals surface area contributed by atoms with Gasteiger partial charge in [-0.3, -0.25) is 4.79 Å². The van der Waals surface area contributed by atoms with Gasteiger partial charge in [0.2, 0.25) is 0 Å². The summed E-state index contributed by atoms with van der Waals surface area (Å²) in [6, 6.07) is 0. The van der Waals surface area contributed by atoms with Crippen molar-refractivity contribution in [3.05, 3.63) is 0 Å². The van der Waals surface area contributed by atoms with Gasteiger partial charge < -0.3 is 9.84 Å². The minimum absolute atomic E-state index is 0.111. The zero-order valence-corrected chi connectivity index (χ0v) is 11.9. The first-order valence-electron chi connectivity index (χ1n) is 6.61. The molecule has 0 spiro atoms. The highest BCUT2D eigenvalue weighted by Crippen LogP contribution is 2.11. The van der Waals surface area contributed by atoms with E-state index in [-0.39, 0.29) is 17.8 Å².